The van der Waals surface area contributed by atoms with Gasteiger partial charge in [-0.15, -0.1) is 0 Å². The number of rotatable bonds is 0. The quantitative estimate of drug-likeness (QED) is 0.719. The molecule has 1 aliphatic rings. The molecule has 0 unspecified atom stereocenters. The highest BCUT2D eigenvalue weighted by molar-refractivity contribution is 6.03. The van der Waals surface area contributed by atoms with Crippen molar-refractivity contribution in [3.8, 4) is 0 Å². The second-order valence-corrected chi connectivity index (χ2v) is 4.04. The van der Waals surface area contributed by atoms with Crippen molar-refractivity contribution in [1.82, 2.24) is 0 Å². The van der Waals surface area contributed by atoms with E-state index >= 15 is 0 Å². The topological polar surface area (TPSA) is 49.4 Å². The highest BCUT2D eigenvalue weighted by atomic mass is 16.2. The Balaban J connectivity index is 2.49. The normalized spacial score (nSPS) is 19.8. The molecule has 2 amide bonds. The molecule has 0 aliphatic carbocycles. The zero-order valence-electron chi connectivity index (χ0n) is 9.36. The third-order valence-electron chi connectivity index (χ3n) is 2.74. The summed E-state index contributed by atoms with van der Waals surface area (Å²) in [6.45, 7) is 3.76. The van der Waals surface area contributed by atoms with Crippen LogP contribution in [0.3, 0.4) is 0 Å². The number of para-hydroxylation sites is 2. The van der Waals surface area contributed by atoms with Crippen LogP contribution in [0.25, 0.3) is 0 Å². The van der Waals surface area contributed by atoms with E-state index in [1.54, 1.807) is 11.0 Å². The summed E-state index contributed by atoms with van der Waals surface area (Å²) in [4.78, 5) is 24.9. The lowest BCUT2D eigenvalue weighted by molar-refractivity contribution is -0.119. The van der Waals surface area contributed by atoms with E-state index in [1.165, 1.54) is 6.92 Å². The van der Waals surface area contributed by atoms with Gasteiger partial charge in [-0.3, -0.25) is 9.59 Å². The third-order valence-corrected chi connectivity index (χ3v) is 2.74. The second-order valence-electron chi connectivity index (χ2n) is 4.04. The molecule has 0 saturated heterocycles. The highest BCUT2D eigenvalue weighted by Crippen LogP contribution is 2.29. The number of hydrogen-bond acceptors (Lipinski definition) is 2. The Hall–Kier alpha value is -1.84. The van der Waals surface area contributed by atoms with E-state index in [2.05, 4.69) is 5.32 Å². The van der Waals surface area contributed by atoms with Crippen LogP contribution in [-0.4, -0.2) is 18.4 Å². The summed E-state index contributed by atoms with van der Waals surface area (Å²) in [5.74, 6) is -0.289. The minimum Gasteiger partial charge on any atom is -0.324 e. The van der Waals surface area contributed by atoms with Crippen LogP contribution in [0.15, 0.2) is 24.3 Å². The molecule has 1 aliphatic heterocycles. The number of amides is 2. The van der Waals surface area contributed by atoms with Gasteiger partial charge >= 0.3 is 0 Å². The van der Waals surface area contributed by atoms with E-state index in [4.69, 9.17) is 0 Å². The van der Waals surface area contributed by atoms with Crippen molar-refractivity contribution in [2.75, 3.05) is 16.8 Å². The van der Waals surface area contributed by atoms with Gasteiger partial charge < -0.3 is 10.2 Å². The molecule has 1 aromatic carbocycles. The van der Waals surface area contributed by atoms with E-state index in [-0.39, 0.29) is 17.7 Å². The molecule has 84 valence electrons. The summed E-state index contributed by atoms with van der Waals surface area (Å²) in [6, 6.07) is 7.35. The monoisotopic (exact) mass is 218 g/mol. The van der Waals surface area contributed by atoms with Gasteiger partial charge in [0.15, 0.2) is 0 Å². The number of nitrogens with one attached hydrogen (secondary N) is 1. The SMILES string of the molecule is CC(=O)N1C[C@@H](C)C(=O)Nc2ccccc21. The molecular weight excluding hydrogens is 204 g/mol. The minimum atomic E-state index is -0.198. The van der Waals surface area contributed by atoms with Crippen LogP contribution in [0, 0.1) is 5.92 Å². The molecule has 0 aromatic heterocycles. The maximum Gasteiger partial charge on any atom is 0.229 e. The van der Waals surface area contributed by atoms with Gasteiger partial charge in [0.2, 0.25) is 11.8 Å². The number of benzene rings is 1. The molecule has 0 fully saturated rings. The summed E-state index contributed by atoms with van der Waals surface area (Å²) in [5, 5.41) is 2.82. The smallest absolute Gasteiger partial charge is 0.229 e. The Morgan fingerprint density at radius 3 is 2.81 bits per heavy atom. The lowest BCUT2D eigenvalue weighted by Gasteiger charge is -2.21. The fraction of sp³-hybridized carbons (Fsp3) is 0.333. The fourth-order valence-corrected chi connectivity index (χ4v) is 1.82. The van der Waals surface area contributed by atoms with Crippen LogP contribution in [-0.2, 0) is 9.59 Å². The van der Waals surface area contributed by atoms with Crippen LogP contribution < -0.4 is 10.2 Å². The van der Waals surface area contributed by atoms with Crippen molar-refractivity contribution in [2.45, 2.75) is 13.8 Å². The van der Waals surface area contributed by atoms with Crippen LogP contribution >= 0.6 is 0 Å². The zero-order chi connectivity index (χ0) is 11.7. The first kappa shape index (κ1) is 10.7. The molecule has 0 bridgehead atoms. The minimum absolute atomic E-state index is 0.0452. The van der Waals surface area contributed by atoms with Crippen molar-refractivity contribution in [2.24, 2.45) is 5.92 Å². The first-order valence-electron chi connectivity index (χ1n) is 5.27. The van der Waals surface area contributed by atoms with E-state index in [0.29, 0.717) is 12.2 Å². The Morgan fingerprint density at radius 2 is 2.12 bits per heavy atom. The predicted octanol–water partition coefficient (Wildman–Crippen LogP) is 1.63. The van der Waals surface area contributed by atoms with E-state index < -0.39 is 0 Å². The fourth-order valence-electron chi connectivity index (χ4n) is 1.82. The standard InChI is InChI=1S/C12H14N2O2/c1-8-7-14(9(2)15)11-6-4-3-5-10(11)13-12(8)16/h3-6,8H,7H2,1-2H3,(H,13,16)/t8-/m1/s1. The average Bonchev–Trinajstić information content (AvgIpc) is 2.37. The van der Waals surface area contributed by atoms with Crippen molar-refractivity contribution in [1.29, 1.82) is 0 Å². The van der Waals surface area contributed by atoms with E-state index in [1.807, 2.05) is 25.1 Å². The van der Waals surface area contributed by atoms with Crippen molar-refractivity contribution in [3.05, 3.63) is 24.3 Å². The van der Waals surface area contributed by atoms with E-state index in [9.17, 15) is 9.59 Å². The van der Waals surface area contributed by atoms with Gasteiger partial charge in [0.25, 0.3) is 0 Å². The highest BCUT2D eigenvalue weighted by Gasteiger charge is 2.26. The molecule has 0 spiro atoms. The maximum atomic E-state index is 11.7. The van der Waals surface area contributed by atoms with Crippen LogP contribution in [0.1, 0.15) is 13.8 Å². The van der Waals surface area contributed by atoms with Gasteiger partial charge in [-0.05, 0) is 12.1 Å². The van der Waals surface area contributed by atoms with Gasteiger partial charge in [-0.1, -0.05) is 19.1 Å². The Labute approximate surface area is 94.2 Å². The van der Waals surface area contributed by atoms with Gasteiger partial charge in [-0.2, -0.15) is 0 Å². The molecule has 1 heterocycles. The molecule has 4 heteroatoms. The number of anilines is 2. The largest absolute Gasteiger partial charge is 0.324 e. The molecule has 0 radical (unpaired) electrons. The maximum absolute atomic E-state index is 11.7. The number of hydrogen-bond donors (Lipinski definition) is 1. The van der Waals surface area contributed by atoms with Crippen LogP contribution in [0.4, 0.5) is 11.4 Å². The van der Waals surface area contributed by atoms with Gasteiger partial charge in [-0.25, -0.2) is 0 Å². The summed E-state index contributed by atoms with van der Waals surface area (Å²) in [5.41, 5.74) is 1.47. The molecule has 1 aromatic rings. The first-order chi connectivity index (χ1) is 7.59. The van der Waals surface area contributed by atoms with Gasteiger partial charge in [0, 0.05) is 13.5 Å². The number of carbonyl (C=O) groups is 2. The number of fused-ring (bicyclic) bond motifs is 1. The molecule has 16 heavy (non-hydrogen) atoms. The first-order valence-corrected chi connectivity index (χ1v) is 5.27. The zero-order valence-corrected chi connectivity index (χ0v) is 9.36. The Morgan fingerprint density at radius 1 is 1.44 bits per heavy atom. The van der Waals surface area contributed by atoms with Crippen LogP contribution in [0.5, 0.6) is 0 Å². The average molecular weight is 218 g/mol. The second kappa shape index (κ2) is 3.96. The lowest BCUT2D eigenvalue weighted by atomic mass is 10.1. The third kappa shape index (κ3) is 1.78. The van der Waals surface area contributed by atoms with E-state index in [0.717, 1.165) is 5.69 Å². The summed E-state index contributed by atoms with van der Waals surface area (Å²) in [7, 11) is 0. The number of carbonyl (C=O) groups excluding carboxylic acids is 2. The van der Waals surface area contributed by atoms with Gasteiger partial charge in [0.1, 0.15) is 0 Å². The van der Waals surface area contributed by atoms with Crippen molar-refractivity contribution < 1.29 is 9.59 Å². The van der Waals surface area contributed by atoms with Crippen molar-refractivity contribution >= 4 is 23.2 Å². The number of nitrogens with zero attached hydrogens (tertiary/aromatic N) is 1. The molecule has 2 rings (SSSR count). The molecule has 4 nitrogen and oxygen atoms in total. The summed E-state index contributed by atoms with van der Waals surface area (Å²) < 4.78 is 0. The molecule has 1 atom stereocenters. The molecule has 0 saturated carbocycles. The molecule has 1 N–H and O–H groups in total. The Bertz CT molecular complexity index is 442. The molecular formula is C12H14N2O2. The van der Waals surface area contributed by atoms with Crippen molar-refractivity contribution in [3.63, 3.8) is 0 Å². The van der Waals surface area contributed by atoms with Crippen LogP contribution in [0.2, 0.25) is 0 Å². The van der Waals surface area contributed by atoms with Gasteiger partial charge in [0.05, 0.1) is 17.3 Å². The summed E-state index contributed by atoms with van der Waals surface area (Å²) >= 11 is 0. The Kier molecular flexibility index (Phi) is 2.64. The predicted molar refractivity (Wildman–Crippen MR) is 62.3 cm³/mol. The lowest BCUT2D eigenvalue weighted by Crippen LogP contribution is -2.34. The summed E-state index contributed by atoms with van der Waals surface area (Å²) in [6.07, 6.45) is 0.